The van der Waals surface area contributed by atoms with Gasteiger partial charge >= 0.3 is 0 Å². The minimum atomic E-state index is 0.200. The SMILES string of the molecule is CC(C)(C)NCC1CCC(CN2CCSCC2)O1. The van der Waals surface area contributed by atoms with Crippen LogP contribution in [0.1, 0.15) is 33.6 Å². The molecule has 106 valence electrons. The number of thioether (sulfide) groups is 1. The minimum Gasteiger partial charge on any atom is -0.372 e. The standard InChI is InChI=1S/C14H28N2OS/c1-14(2,3)15-10-12-4-5-13(17-12)11-16-6-8-18-9-7-16/h12-13,15H,4-11H2,1-3H3. The van der Waals surface area contributed by atoms with E-state index in [2.05, 4.69) is 42.7 Å². The molecule has 0 saturated carbocycles. The van der Waals surface area contributed by atoms with Crippen molar-refractivity contribution in [3.8, 4) is 0 Å². The molecule has 2 aliphatic heterocycles. The van der Waals surface area contributed by atoms with Gasteiger partial charge in [-0.1, -0.05) is 0 Å². The van der Waals surface area contributed by atoms with Crippen molar-refractivity contribution in [2.75, 3.05) is 37.7 Å². The molecule has 0 bridgehead atoms. The van der Waals surface area contributed by atoms with E-state index in [9.17, 15) is 0 Å². The van der Waals surface area contributed by atoms with E-state index in [-0.39, 0.29) is 5.54 Å². The molecule has 2 fully saturated rings. The van der Waals surface area contributed by atoms with Crippen molar-refractivity contribution in [1.29, 1.82) is 0 Å². The Balaban J connectivity index is 1.65. The first-order valence-corrected chi connectivity index (χ1v) is 8.39. The summed E-state index contributed by atoms with van der Waals surface area (Å²) in [4.78, 5) is 2.57. The lowest BCUT2D eigenvalue weighted by Gasteiger charge is -2.29. The second-order valence-corrected chi connectivity index (χ2v) is 7.73. The summed E-state index contributed by atoms with van der Waals surface area (Å²) in [6, 6.07) is 0. The maximum absolute atomic E-state index is 6.15. The molecule has 2 saturated heterocycles. The number of rotatable bonds is 4. The molecule has 1 N–H and O–H groups in total. The highest BCUT2D eigenvalue weighted by molar-refractivity contribution is 7.99. The van der Waals surface area contributed by atoms with Crippen LogP contribution < -0.4 is 5.32 Å². The van der Waals surface area contributed by atoms with Crippen LogP contribution in [0.15, 0.2) is 0 Å². The molecular weight excluding hydrogens is 244 g/mol. The summed E-state index contributed by atoms with van der Waals surface area (Å²) in [5.74, 6) is 2.59. The fourth-order valence-electron chi connectivity index (χ4n) is 2.56. The van der Waals surface area contributed by atoms with Gasteiger partial charge in [0.1, 0.15) is 0 Å². The first kappa shape index (κ1) is 14.6. The van der Waals surface area contributed by atoms with Gasteiger partial charge in [-0.2, -0.15) is 11.8 Å². The van der Waals surface area contributed by atoms with Crippen molar-refractivity contribution in [3.63, 3.8) is 0 Å². The maximum Gasteiger partial charge on any atom is 0.0707 e. The normalized spacial score (nSPS) is 30.8. The zero-order valence-corrected chi connectivity index (χ0v) is 12.9. The molecule has 0 spiro atoms. The highest BCUT2D eigenvalue weighted by Gasteiger charge is 2.27. The summed E-state index contributed by atoms with van der Waals surface area (Å²) in [5.41, 5.74) is 0.200. The Labute approximate surface area is 116 Å². The Morgan fingerprint density at radius 1 is 1.17 bits per heavy atom. The third kappa shape index (κ3) is 5.08. The largest absolute Gasteiger partial charge is 0.372 e. The predicted molar refractivity (Wildman–Crippen MR) is 79.4 cm³/mol. The van der Waals surface area contributed by atoms with Crippen LogP contribution in [-0.4, -0.2) is 60.3 Å². The van der Waals surface area contributed by atoms with E-state index in [0.29, 0.717) is 12.2 Å². The van der Waals surface area contributed by atoms with E-state index in [1.54, 1.807) is 0 Å². The molecule has 4 heteroatoms. The molecule has 2 unspecified atom stereocenters. The molecule has 0 aromatic rings. The highest BCUT2D eigenvalue weighted by atomic mass is 32.2. The van der Waals surface area contributed by atoms with E-state index >= 15 is 0 Å². The van der Waals surface area contributed by atoms with Crippen molar-refractivity contribution in [2.24, 2.45) is 0 Å². The number of hydrogen-bond donors (Lipinski definition) is 1. The van der Waals surface area contributed by atoms with Crippen molar-refractivity contribution in [2.45, 2.75) is 51.4 Å². The lowest BCUT2D eigenvalue weighted by molar-refractivity contribution is 0.0226. The minimum absolute atomic E-state index is 0.200. The van der Waals surface area contributed by atoms with Gasteiger partial charge in [0.25, 0.3) is 0 Å². The maximum atomic E-state index is 6.15. The molecule has 0 aromatic carbocycles. The van der Waals surface area contributed by atoms with Crippen LogP contribution in [0.4, 0.5) is 0 Å². The topological polar surface area (TPSA) is 24.5 Å². The Kier molecular flexibility index (Phi) is 5.36. The number of nitrogens with zero attached hydrogens (tertiary/aromatic N) is 1. The van der Waals surface area contributed by atoms with Crippen molar-refractivity contribution >= 4 is 11.8 Å². The molecule has 3 nitrogen and oxygen atoms in total. The van der Waals surface area contributed by atoms with Gasteiger partial charge in [-0.25, -0.2) is 0 Å². The summed E-state index contributed by atoms with van der Waals surface area (Å²) in [7, 11) is 0. The summed E-state index contributed by atoms with van der Waals surface area (Å²) < 4.78 is 6.15. The van der Waals surface area contributed by atoms with Crippen LogP contribution in [0.2, 0.25) is 0 Å². The first-order valence-electron chi connectivity index (χ1n) is 7.23. The van der Waals surface area contributed by atoms with Crippen LogP contribution >= 0.6 is 11.8 Å². The molecular formula is C14H28N2OS. The van der Waals surface area contributed by atoms with Gasteiger partial charge in [0, 0.05) is 43.2 Å². The molecule has 2 aliphatic rings. The monoisotopic (exact) mass is 272 g/mol. The van der Waals surface area contributed by atoms with E-state index in [1.807, 2.05) is 0 Å². The zero-order valence-electron chi connectivity index (χ0n) is 12.1. The molecule has 0 aliphatic carbocycles. The quantitative estimate of drug-likeness (QED) is 0.846. The van der Waals surface area contributed by atoms with Crippen LogP contribution in [0.3, 0.4) is 0 Å². The molecule has 0 amide bonds. The Morgan fingerprint density at radius 2 is 1.83 bits per heavy atom. The summed E-state index contributed by atoms with van der Waals surface area (Å²) in [5, 5.41) is 3.55. The fraction of sp³-hybridized carbons (Fsp3) is 1.00. The van der Waals surface area contributed by atoms with Gasteiger partial charge < -0.3 is 10.1 Å². The van der Waals surface area contributed by atoms with Crippen LogP contribution in [-0.2, 0) is 4.74 Å². The van der Waals surface area contributed by atoms with Crippen molar-refractivity contribution in [3.05, 3.63) is 0 Å². The highest BCUT2D eigenvalue weighted by Crippen LogP contribution is 2.21. The van der Waals surface area contributed by atoms with Crippen molar-refractivity contribution in [1.82, 2.24) is 10.2 Å². The van der Waals surface area contributed by atoms with Crippen LogP contribution in [0.25, 0.3) is 0 Å². The smallest absolute Gasteiger partial charge is 0.0707 e. The molecule has 2 heterocycles. The third-order valence-electron chi connectivity index (χ3n) is 3.62. The second-order valence-electron chi connectivity index (χ2n) is 6.50. The van der Waals surface area contributed by atoms with E-state index in [4.69, 9.17) is 4.74 Å². The lowest BCUT2D eigenvalue weighted by atomic mass is 10.1. The molecule has 0 radical (unpaired) electrons. The Morgan fingerprint density at radius 3 is 2.50 bits per heavy atom. The average molecular weight is 272 g/mol. The van der Waals surface area contributed by atoms with Gasteiger partial charge in [0.05, 0.1) is 12.2 Å². The van der Waals surface area contributed by atoms with Crippen LogP contribution in [0.5, 0.6) is 0 Å². The number of nitrogens with one attached hydrogen (secondary N) is 1. The lowest BCUT2D eigenvalue weighted by Crippen LogP contribution is -2.42. The molecule has 0 aromatic heterocycles. The summed E-state index contributed by atoms with van der Waals surface area (Å²) >= 11 is 2.08. The fourth-order valence-corrected chi connectivity index (χ4v) is 3.53. The Bertz CT molecular complexity index is 249. The molecule has 2 rings (SSSR count). The van der Waals surface area contributed by atoms with E-state index in [1.165, 1.54) is 37.4 Å². The van der Waals surface area contributed by atoms with Gasteiger partial charge in [-0.05, 0) is 33.6 Å². The molecule has 2 atom stereocenters. The average Bonchev–Trinajstić information content (AvgIpc) is 2.75. The van der Waals surface area contributed by atoms with Crippen molar-refractivity contribution < 1.29 is 4.74 Å². The third-order valence-corrected chi connectivity index (χ3v) is 4.56. The van der Waals surface area contributed by atoms with Gasteiger partial charge in [0.2, 0.25) is 0 Å². The predicted octanol–water partition coefficient (Wildman–Crippen LogP) is 1.97. The van der Waals surface area contributed by atoms with Gasteiger partial charge in [-0.3, -0.25) is 4.90 Å². The number of hydrogen-bond acceptors (Lipinski definition) is 4. The second kappa shape index (κ2) is 6.60. The van der Waals surface area contributed by atoms with Crippen LogP contribution in [0, 0.1) is 0 Å². The van der Waals surface area contributed by atoms with E-state index < -0.39 is 0 Å². The Hall–Kier alpha value is 0.230. The summed E-state index contributed by atoms with van der Waals surface area (Å²) in [6.45, 7) is 11.3. The van der Waals surface area contributed by atoms with Gasteiger partial charge in [-0.15, -0.1) is 0 Å². The number of ether oxygens (including phenoxy) is 1. The summed E-state index contributed by atoms with van der Waals surface area (Å²) in [6.07, 6.45) is 3.35. The zero-order chi connectivity index (χ0) is 13.0. The van der Waals surface area contributed by atoms with E-state index in [0.717, 1.165) is 13.1 Å². The van der Waals surface area contributed by atoms with Gasteiger partial charge in [0.15, 0.2) is 0 Å². The first-order chi connectivity index (χ1) is 8.53. The molecule has 18 heavy (non-hydrogen) atoms.